The monoisotopic (exact) mass is 656 g/mol. The lowest BCUT2D eigenvalue weighted by molar-refractivity contribution is 0.102. The summed E-state index contributed by atoms with van der Waals surface area (Å²) in [4.78, 5) is 22.5. The molecule has 0 aliphatic carbocycles. The van der Waals surface area contributed by atoms with Crippen molar-refractivity contribution in [2.75, 3.05) is 25.0 Å². The van der Waals surface area contributed by atoms with Gasteiger partial charge in [0.05, 0.1) is 15.1 Å². The Morgan fingerprint density at radius 2 is 1.64 bits per heavy atom. The Bertz CT molecular complexity index is 1910. The molecular formula is C35H36N4O3S3. The van der Waals surface area contributed by atoms with Crippen molar-refractivity contribution in [2.45, 2.75) is 44.7 Å². The van der Waals surface area contributed by atoms with Crippen LogP contribution in [0.3, 0.4) is 0 Å². The maximum Gasteiger partial charge on any atom is 0.256 e. The Kier molecular flexibility index (Phi) is 8.35. The Morgan fingerprint density at radius 1 is 0.933 bits per heavy atom. The lowest BCUT2D eigenvalue weighted by Gasteiger charge is -2.34. The predicted octanol–water partition coefficient (Wildman–Crippen LogP) is 7.50. The van der Waals surface area contributed by atoms with E-state index in [9.17, 15) is 13.2 Å². The van der Waals surface area contributed by atoms with E-state index in [4.69, 9.17) is 4.98 Å². The van der Waals surface area contributed by atoms with Crippen LogP contribution in [0.25, 0.3) is 20.8 Å². The Labute approximate surface area is 272 Å². The minimum Gasteiger partial charge on any atom is -0.313 e. The molecule has 7 nitrogen and oxygen atoms in total. The molecule has 232 valence electrons. The summed E-state index contributed by atoms with van der Waals surface area (Å²) in [6.45, 7) is 7.84. The molecule has 1 fully saturated rings. The number of para-hydroxylation sites is 1. The smallest absolute Gasteiger partial charge is 0.256 e. The molecule has 3 aromatic carbocycles. The zero-order valence-electron chi connectivity index (χ0n) is 25.4. The fourth-order valence-electron chi connectivity index (χ4n) is 6.63. The summed E-state index contributed by atoms with van der Waals surface area (Å²) in [6, 6.07) is 25.0. The topological polar surface area (TPSA) is 82.6 Å². The van der Waals surface area contributed by atoms with Gasteiger partial charge in [0.1, 0.15) is 10.0 Å². The zero-order chi connectivity index (χ0) is 31.1. The highest BCUT2D eigenvalue weighted by Gasteiger charge is 2.32. The second-order valence-corrected chi connectivity index (χ2v) is 16.5. The van der Waals surface area contributed by atoms with Gasteiger partial charge in [-0.25, -0.2) is 13.4 Å². The second-order valence-electron chi connectivity index (χ2n) is 12.4. The Hall–Kier alpha value is -3.41. The first-order valence-electron chi connectivity index (χ1n) is 15.4. The van der Waals surface area contributed by atoms with Crippen molar-refractivity contribution in [2.24, 2.45) is 11.8 Å². The number of thiophene rings is 1. The highest BCUT2D eigenvalue weighted by Crippen LogP contribution is 2.46. The molecule has 0 radical (unpaired) electrons. The van der Waals surface area contributed by atoms with Gasteiger partial charge < -0.3 is 5.32 Å². The number of carbonyl (C=O) groups excluding carboxylic acids is 1. The number of anilines is 1. The number of nitrogens with zero attached hydrogens (tertiary/aromatic N) is 3. The van der Waals surface area contributed by atoms with Crippen LogP contribution in [0, 0.1) is 11.8 Å². The number of sulfonamides is 1. The molecule has 1 N–H and O–H groups in total. The summed E-state index contributed by atoms with van der Waals surface area (Å²) >= 11 is 3.27. The quantitative estimate of drug-likeness (QED) is 0.196. The number of hydrogen-bond acceptors (Lipinski definition) is 7. The van der Waals surface area contributed by atoms with E-state index in [1.165, 1.54) is 16.0 Å². The highest BCUT2D eigenvalue weighted by molar-refractivity contribution is 7.89. The molecule has 0 unspecified atom stereocenters. The van der Waals surface area contributed by atoms with E-state index in [0.29, 0.717) is 30.5 Å². The van der Waals surface area contributed by atoms with Crippen LogP contribution < -0.4 is 5.32 Å². The predicted molar refractivity (Wildman–Crippen MR) is 183 cm³/mol. The van der Waals surface area contributed by atoms with Crippen molar-refractivity contribution in [1.82, 2.24) is 14.2 Å². The van der Waals surface area contributed by atoms with Gasteiger partial charge >= 0.3 is 0 Å². The van der Waals surface area contributed by atoms with Gasteiger partial charge in [0.2, 0.25) is 10.0 Å². The van der Waals surface area contributed by atoms with Crippen LogP contribution in [0.2, 0.25) is 0 Å². The van der Waals surface area contributed by atoms with E-state index in [2.05, 4.69) is 54.4 Å². The maximum atomic E-state index is 13.6. The van der Waals surface area contributed by atoms with Gasteiger partial charge in [-0.2, -0.15) is 4.31 Å². The van der Waals surface area contributed by atoms with E-state index in [1.807, 2.05) is 24.3 Å². The summed E-state index contributed by atoms with van der Waals surface area (Å²) in [5, 5.41) is 4.89. The first-order chi connectivity index (χ1) is 21.7. The van der Waals surface area contributed by atoms with Crippen LogP contribution >= 0.6 is 22.7 Å². The average Bonchev–Trinajstić information content (AvgIpc) is 3.61. The van der Waals surface area contributed by atoms with E-state index in [0.717, 1.165) is 58.3 Å². The van der Waals surface area contributed by atoms with Crippen LogP contribution in [0.15, 0.2) is 83.8 Å². The van der Waals surface area contributed by atoms with Crippen molar-refractivity contribution in [3.63, 3.8) is 0 Å². The zero-order valence-corrected chi connectivity index (χ0v) is 27.9. The van der Waals surface area contributed by atoms with Gasteiger partial charge in [-0.05, 0) is 72.2 Å². The van der Waals surface area contributed by atoms with Gasteiger partial charge in [-0.1, -0.05) is 56.3 Å². The number of piperidine rings is 1. The number of fused-ring (bicyclic) bond motifs is 2. The average molecular weight is 657 g/mol. The third-order valence-corrected chi connectivity index (χ3v) is 12.7. The lowest BCUT2D eigenvalue weighted by atomic mass is 9.94. The Morgan fingerprint density at radius 3 is 2.38 bits per heavy atom. The summed E-state index contributed by atoms with van der Waals surface area (Å²) in [7, 11) is -3.62. The molecule has 10 heteroatoms. The van der Waals surface area contributed by atoms with E-state index < -0.39 is 10.0 Å². The molecule has 1 amide bonds. The van der Waals surface area contributed by atoms with Crippen LogP contribution in [0.4, 0.5) is 5.00 Å². The normalized spacial score (nSPS) is 19.4. The first kappa shape index (κ1) is 30.3. The number of benzene rings is 3. The van der Waals surface area contributed by atoms with Crippen molar-refractivity contribution >= 4 is 53.8 Å². The molecule has 4 heterocycles. The fraction of sp³-hybridized carbons (Fsp3) is 0.314. The molecule has 1 saturated heterocycles. The van der Waals surface area contributed by atoms with Gasteiger partial charge in [0.15, 0.2) is 0 Å². The molecular weight excluding hydrogens is 621 g/mol. The molecule has 2 aromatic heterocycles. The molecule has 7 rings (SSSR count). The van der Waals surface area contributed by atoms with Crippen molar-refractivity contribution < 1.29 is 13.2 Å². The van der Waals surface area contributed by atoms with Gasteiger partial charge in [0.25, 0.3) is 5.91 Å². The van der Waals surface area contributed by atoms with Gasteiger partial charge in [-0.3, -0.25) is 9.69 Å². The molecule has 5 aromatic rings. The summed E-state index contributed by atoms with van der Waals surface area (Å²) in [5.41, 5.74) is 4.92. The number of hydrogen-bond donors (Lipinski definition) is 1. The SMILES string of the molecule is C[C@H]1C[C@H](C)CN(S(=O)(=O)c2ccc(C(=O)Nc3sc4c(c3-c3nc5ccccc5s3)CCN(Cc3ccccc3)C4)cc2)C1. The van der Waals surface area contributed by atoms with Gasteiger partial charge in [-0.15, -0.1) is 22.7 Å². The third-order valence-electron chi connectivity index (χ3n) is 8.71. The third kappa shape index (κ3) is 6.22. The number of thiazole rings is 1. The number of carbonyl (C=O) groups is 1. The van der Waals surface area contributed by atoms with Crippen LogP contribution in [0.1, 0.15) is 46.6 Å². The molecule has 0 spiro atoms. The lowest BCUT2D eigenvalue weighted by Crippen LogP contribution is -2.42. The van der Waals surface area contributed by atoms with Crippen LogP contribution in [-0.2, 0) is 29.5 Å². The van der Waals surface area contributed by atoms with Crippen molar-refractivity contribution in [3.05, 3.63) is 100 Å². The molecule has 2 aliphatic heterocycles. The number of amides is 1. The van der Waals surface area contributed by atoms with E-state index in [-0.39, 0.29) is 10.8 Å². The molecule has 0 bridgehead atoms. The molecule has 0 saturated carbocycles. The number of aromatic nitrogens is 1. The number of rotatable bonds is 7. The van der Waals surface area contributed by atoms with Crippen molar-refractivity contribution in [3.8, 4) is 10.6 Å². The van der Waals surface area contributed by atoms with Crippen LogP contribution in [-0.4, -0.2) is 48.1 Å². The molecule has 2 aliphatic rings. The standard InChI is InChI=1S/C35H36N4O3S3/c1-23-18-24(2)20-39(19-23)45(41,42)27-14-12-26(13-15-27)33(40)37-35-32(34-36-29-10-6-7-11-30(29)43-34)28-16-17-38(22-31(28)44-35)21-25-8-4-3-5-9-25/h3-15,23-24H,16-22H2,1-2H3,(H,37,40)/t23-,24-/m0/s1. The van der Waals surface area contributed by atoms with Gasteiger partial charge in [0, 0.05) is 48.7 Å². The largest absolute Gasteiger partial charge is 0.313 e. The molecule has 45 heavy (non-hydrogen) atoms. The van der Waals surface area contributed by atoms with Crippen molar-refractivity contribution in [1.29, 1.82) is 0 Å². The van der Waals surface area contributed by atoms with Crippen LogP contribution in [0.5, 0.6) is 0 Å². The summed E-state index contributed by atoms with van der Waals surface area (Å²) in [5.74, 6) is 0.377. The first-order valence-corrected chi connectivity index (χ1v) is 18.5. The second kappa shape index (κ2) is 12.4. The van der Waals surface area contributed by atoms with E-state index in [1.54, 1.807) is 51.2 Å². The van der Waals surface area contributed by atoms with E-state index >= 15 is 0 Å². The highest BCUT2D eigenvalue weighted by atomic mass is 32.2. The Balaban J connectivity index is 1.16. The fourth-order valence-corrected chi connectivity index (χ4v) is 10.7. The minimum atomic E-state index is -3.62. The summed E-state index contributed by atoms with van der Waals surface area (Å²) in [6.07, 6.45) is 1.90. The maximum absolute atomic E-state index is 13.6. The number of nitrogens with one attached hydrogen (secondary N) is 1. The minimum absolute atomic E-state index is 0.223. The summed E-state index contributed by atoms with van der Waals surface area (Å²) < 4.78 is 29.5. The molecule has 2 atom stereocenters.